The maximum atomic E-state index is 13.4. The molecule has 0 bridgehead atoms. The number of ether oxygens (including phenoxy) is 2. The van der Waals surface area contributed by atoms with Crippen LogP contribution < -0.4 is 5.32 Å². The smallest absolute Gasteiger partial charge is 0.416 e. The normalized spacial score (nSPS) is 24.2. The fourth-order valence-corrected chi connectivity index (χ4v) is 4.50. The first-order valence-electron chi connectivity index (χ1n) is 10.5. The van der Waals surface area contributed by atoms with Gasteiger partial charge >= 0.3 is 12.1 Å². The van der Waals surface area contributed by atoms with Crippen LogP contribution >= 0.6 is 0 Å². The molecule has 2 unspecified atom stereocenters. The Balaban J connectivity index is 1.73. The number of carbonyl (C=O) groups is 2. The average Bonchev–Trinajstić information content (AvgIpc) is 3.24. The highest BCUT2D eigenvalue weighted by molar-refractivity contribution is 6.03. The van der Waals surface area contributed by atoms with Crippen LogP contribution in [0.2, 0.25) is 0 Å². The Kier molecular flexibility index (Phi) is 5.92. The molecule has 0 radical (unpaired) electrons. The summed E-state index contributed by atoms with van der Waals surface area (Å²) < 4.78 is 51.1. The number of halogens is 3. The first-order chi connectivity index (χ1) is 14.8. The number of ketones is 1. The van der Waals surface area contributed by atoms with E-state index in [4.69, 9.17) is 9.47 Å². The number of benzene rings is 1. The van der Waals surface area contributed by atoms with Crippen LogP contribution in [0.1, 0.15) is 56.1 Å². The van der Waals surface area contributed by atoms with Crippen LogP contribution in [0.5, 0.6) is 0 Å². The quantitative estimate of drug-likeness (QED) is 0.711. The van der Waals surface area contributed by atoms with E-state index in [-0.39, 0.29) is 29.6 Å². The van der Waals surface area contributed by atoms with Crippen molar-refractivity contribution in [3.63, 3.8) is 0 Å². The maximum Gasteiger partial charge on any atom is 0.416 e. The van der Waals surface area contributed by atoms with Crippen LogP contribution in [0.4, 0.5) is 13.2 Å². The third-order valence-corrected chi connectivity index (χ3v) is 5.97. The molecule has 1 saturated heterocycles. The van der Waals surface area contributed by atoms with Crippen molar-refractivity contribution in [2.24, 2.45) is 0 Å². The number of alkyl halides is 3. The summed E-state index contributed by atoms with van der Waals surface area (Å²) in [5.41, 5.74) is 1.13. The van der Waals surface area contributed by atoms with Gasteiger partial charge in [-0.15, -0.1) is 0 Å². The van der Waals surface area contributed by atoms with Gasteiger partial charge in [-0.3, -0.25) is 4.79 Å². The van der Waals surface area contributed by atoms with Gasteiger partial charge in [0.15, 0.2) is 5.78 Å². The lowest BCUT2D eigenvalue weighted by atomic mass is 9.75. The van der Waals surface area contributed by atoms with Gasteiger partial charge in [-0.05, 0) is 44.2 Å². The van der Waals surface area contributed by atoms with Crippen LogP contribution in [-0.2, 0) is 25.2 Å². The number of carbonyl (C=O) groups excluding carboxylic acids is 2. The van der Waals surface area contributed by atoms with E-state index in [1.54, 1.807) is 6.92 Å². The second kappa shape index (κ2) is 8.49. The molecule has 2 atom stereocenters. The van der Waals surface area contributed by atoms with Crippen molar-refractivity contribution in [1.82, 2.24) is 5.32 Å². The molecule has 0 aromatic heterocycles. The van der Waals surface area contributed by atoms with Crippen LogP contribution in [0, 0.1) is 0 Å². The topological polar surface area (TPSA) is 64.6 Å². The van der Waals surface area contributed by atoms with Gasteiger partial charge in [0.1, 0.15) is 6.61 Å². The van der Waals surface area contributed by atoms with Crippen molar-refractivity contribution in [2.75, 3.05) is 13.2 Å². The van der Waals surface area contributed by atoms with E-state index in [1.807, 2.05) is 0 Å². The van der Waals surface area contributed by atoms with Gasteiger partial charge in [-0.2, -0.15) is 13.2 Å². The molecule has 1 aliphatic carbocycles. The van der Waals surface area contributed by atoms with E-state index in [2.05, 4.69) is 5.32 Å². The predicted molar refractivity (Wildman–Crippen MR) is 106 cm³/mol. The van der Waals surface area contributed by atoms with Gasteiger partial charge in [0.25, 0.3) is 0 Å². The van der Waals surface area contributed by atoms with Crippen LogP contribution in [0.3, 0.4) is 0 Å². The summed E-state index contributed by atoms with van der Waals surface area (Å²) in [5.74, 6) is -1.70. The SMILES string of the molecule is CC1=C(C(=O)OCC2CCCO2)C(c2cccc(C(F)(F)F)c2)C2=C(CCCC2=O)N1. The van der Waals surface area contributed by atoms with E-state index < -0.39 is 23.6 Å². The Bertz CT molecular complexity index is 958. The number of allylic oxidation sites excluding steroid dienone is 3. The number of dihydropyridines is 1. The molecule has 0 spiro atoms. The summed E-state index contributed by atoms with van der Waals surface area (Å²) in [6.07, 6.45) is -1.47. The number of Topliss-reactive ketones (excluding diaryl/α,β-unsaturated/α-hetero) is 1. The molecule has 0 amide bonds. The Morgan fingerprint density at radius 3 is 2.77 bits per heavy atom. The van der Waals surface area contributed by atoms with E-state index in [1.165, 1.54) is 12.1 Å². The van der Waals surface area contributed by atoms with Crippen molar-refractivity contribution < 1.29 is 32.2 Å². The summed E-state index contributed by atoms with van der Waals surface area (Å²) >= 11 is 0. The lowest BCUT2D eigenvalue weighted by Crippen LogP contribution is -2.35. The van der Waals surface area contributed by atoms with Crippen molar-refractivity contribution in [3.05, 3.63) is 57.9 Å². The Labute approximate surface area is 178 Å². The fourth-order valence-electron chi connectivity index (χ4n) is 4.50. The van der Waals surface area contributed by atoms with Gasteiger partial charge in [-0.1, -0.05) is 18.2 Å². The van der Waals surface area contributed by atoms with Crippen LogP contribution in [-0.4, -0.2) is 31.1 Å². The number of esters is 1. The molecule has 8 heteroatoms. The Morgan fingerprint density at radius 2 is 2.06 bits per heavy atom. The summed E-state index contributed by atoms with van der Waals surface area (Å²) in [5, 5.41) is 3.14. The zero-order chi connectivity index (χ0) is 22.2. The van der Waals surface area contributed by atoms with Crippen molar-refractivity contribution in [1.29, 1.82) is 0 Å². The van der Waals surface area contributed by atoms with E-state index in [0.29, 0.717) is 42.8 Å². The predicted octanol–water partition coefficient (Wildman–Crippen LogP) is 4.40. The molecule has 0 saturated carbocycles. The zero-order valence-electron chi connectivity index (χ0n) is 17.2. The summed E-state index contributed by atoms with van der Waals surface area (Å²) in [4.78, 5) is 25.9. The van der Waals surface area contributed by atoms with Crippen molar-refractivity contribution >= 4 is 11.8 Å². The molecule has 2 heterocycles. The molecule has 166 valence electrons. The highest BCUT2D eigenvalue weighted by atomic mass is 19.4. The summed E-state index contributed by atoms with van der Waals surface area (Å²) in [6, 6.07) is 4.83. The molecule has 3 aliphatic rings. The lowest BCUT2D eigenvalue weighted by molar-refractivity contribution is -0.142. The number of nitrogens with one attached hydrogen (secondary N) is 1. The minimum atomic E-state index is -4.53. The highest BCUT2D eigenvalue weighted by Gasteiger charge is 2.40. The number of hydrogen-bond donors (Lipinski definition) is 1. The van der Waals surface area contributed by atoms with Crippen molar-refractivity contribution in [3.8, 4) is 0 Å². The van der Waals surface area contributed by atoms with Gasteiger partial charge in [0.2, 0.25) is 0 Å². The number of rotatable bonds is 4. The second-order valence-electron chi connectivity index (χ2n) is 8.12. The largest absolute Gasteiger partial charge is 0.459 e. The monoisotopic (exact) mass is 435 g/mol. The first kappa shape index (κ1) is 21.6. The molecule has 2 aliphatic heterocycles. The molecule has 1 aromatic rings. The van der Waals surface area contributed by atoms with E-state index >= 15 is 0 Å². The molecular formula is C23H24F3NO4. The molecule has 31 heavy (non-hydrogen) atoms. The fraction of sp³-hybridized carbons (Fsp3) is 0.478. The molecule has 4 rings (SSSR count). The highest BCUT2D eigenvalue weighted by Crippen LogP contribution is 2.43. The summed E-state index contributed by atoms with van der Waals surface area (Å²) in [6.45, 7) is 2.38. The minimum Gasteiger partial charge on any atom is -0.459 e. The number of hydrogen-bond acceptors (Lipinski definition) is 5. The Morgan fingerprint density at radius 1 is 1.26 bits per heavy atom. The summed E-state index contributed by atoms with van der Waals surface area (Å²) in [7, 11) is 0. The molecule has 1 aromatic carbocycles. The molecule has 1 fully saturated rings. The van der Waals surface area contributed by atoms with Gasteiger partial charge in [0.05, 0.1) is 17.2 Å². The minimum absolute atomic E-state index is 0.0742. The molecular weight excluding hydrogens is 411 g/mol. The van der Waals surface area contributed by atoms with Gasteiger partial charge in [-0.25, -0.2) is 4.79 Å². The second-order valence-corrected chi connectivity index (χ2v) is 8.12. The standard InChI is InChI=1S/C23H24F3NO4/c1-13-19(22(29)31-12-16-7-4-10-30-16)20(21-17(27-13)8-3-9-18(21)28)14-5-2-6-15(11-14)23(24,25)26/h2,5-6,11,16,20,27H,3-4,7-10,12H2,1H3. The zero-order valence-corrected chi connectivity index (χ0v) is 17.2. The lowest BCUT2D eigenvalue weighted by Gasteiger charge is -2.34. The first-order valence-corrected chi connectivity index (χ1v) is 10.5. The van der Waals surface area contributed by atoms with Gasteiger partial charge < -0.3 is 14.8 Å². The third-order valence-electron chi connectivity index (χ3n) is 5.97. The maximum absolute atomic E-state index is 13.4. The van der Waals surface area contributed by atoms with E-state index in [9.17, 15) is 22.8 Å². The molecule has 5 nitrogen and oxygen atoms in total. The third kappa shape index (κ3) is 4.39. The van der Waals surface area contributed by atoms with Crippen LogP contribution in [0.15, 0.2) is 46.8 Å². The van der Waals surface area contributed by atoms with Crippen LogP contribution in [0.25, 0.3) is 0 Å². The van der Waals surface area contributed by atoms with Crippen molar-refractivity contribution in [2.45, 2.75) is 57.2 Å². The van der Waals surface area contributed by atoms with E-state index in [0.717, 1.165) is 25.0 Å². The Hall–Kier alpha value is -2.61. The average molecular weight is 435 g/mol. The van der Waals surface area contributed by atoms with Gasteiger partial charge in [0, 0.05) is 35.9 Å². The molecule has 1 N–H and O–H groups in total.